The van der Waals surface area contributed by atoms with Crippen LogP contribution < -0.4 is 0 Å². The van der Waals surface area contributed by atoms with Crippen molar-refractivity contribution in [1.82, 2.24) is 0 Å². The van der Waals surface area contributed by atoms with Gasteiger partial charge in [0.25, 0.3) is 0 Å². The van der Waals surface area contributed by atoms with E-state index in [-0.39, 0.29) is 0 Å². The molecule has 1 aliphatic rings. The lowest BCUT2D eigenvalue weighted by molar-refractivity contribution is 0.671. The van der Waals surface area contributed by atoms with Gasteiger partial charge in [0.15, 0.2) is 0 Å². The summed E-state index contributed by atoms with van der Waals surface area (Å²) in [6, 6.07) is 11.1. The Balaban J connectivity index is 2.19. The third-order valence-corrected chi connectivity index (χ3v) is 6.54. The van der Waals surface area contributed by atoms with Gasteiger partial charge in [-0.05, 0) is 29.9 Å². The minimum absolute atomic E-state index is 0.357. The Bertz CT molecular complexity index is 302. The molecule has 1 aromatic rings. The average molecular weight is 252 g/mol. The molecule has 0 nitrogen and oxygen atoms in total. The molecule has 2 heteroatoms. The molecule has 0 radical (unpaired) electrons. The zero-order valence-electron chi connectivity index (χ0n) is 9.95. The quantitative estimate of drug-likeness (QED) is 0.747. The SMILES string of the molecule is CCCCC1(c2ccccc2)SCCCS1. The lowest BCUT2D eigenvalue weighted by Crippen LogP contribution is -2.22. The third kappa shape index (κ3) is 2.78. The zero-order chi connectivity index (χ0) is 11.3. The number of rotatable bonds is 4. The van der Waals surface area contributed by atoms with Crippen LogP contribution in [0.2, 0.25) is 0 Å². The Morgan fingerprint density at radius 3 is 2.44 bits per heavy atom. The van der Waals surface area contributed by atoms with Crippen LogP contribution in [0, 0.1) is 0 Å². The molecule has 0 spiro atoms. The second kappa shape index (κ2) is 6.02. The first kappa shape index (κ1) is 12.4. The van der Waals surface area contributed by atoms with E-state index in [0.29, 0.717) is 4.08 Å². The summed E-state index contributed by atoms with van der Waals surface area (Å²) >= 11 is 4.33. The van der Waals surface area contributed by atoms with Gasteiger partial charge < -0.3 is 0 Å². The first-order valence-corrected chi connectivity index (χ1v) is 8.18. The molecule has 0 aliphatic carbocycles. The number of hydrogen-bond donors (Lipinski definition) is 0. The number of thioether (sulfide) groups is 2. The molecular formula is C14H20S2. The molecule has 1 aromatic carbocycles. The Morgan fingerprint density at radius 2 is 1.81 bits per heavy atom. The van der Waals surface area contributed by atoms with Gasteiger partial charge in [-0.25, -0.2) is 0 Å². The van der Waals surface area contributed by atoms with E-state index in [1.54, 1.807) is 0 Å². The van der Waals surface area contributed by atoms with Crippen molar-refractivity contribution in [2.45, 2.75) is 36.7 Å². The normalized spacial score (nSPS) is 19.6. The molecule has 2 rings (SSSR count). The predicted molar refractivity (Wildman–Crippen MR) is 77.2 cm³/mol. The summed E-state index contributed by atoms with van der Waals surface area (Å²) in [4.78, 5) is 0. The van der Waals surface area contributed by atoms with E-state index in [1.807, 2.05) is 0 Å². The smallest absolute Gasteiger partial charge is 0.0860 e. The lowest BCUT2D eigenvalue weighted by atomic mass is 10.1. The van der Waals surface area contributed by atoms with Crippen LogP contribution in [0.15, 0.2) is 30.3 Å². The molecule has 0 saturated carbocycles. The predicted octanol–water partition coefficient (Wildman–Crippen LogP) is 4.90. The van der Waals surface area contributed by atoms with Crippen LogP contribution in [0.1, 0.15) is 38.2 Å². The van der Waals surface area contributed by atoms with Crippen LogP contribution in [0.3, 0.4) is 0 Å². The van der Waals surface area contributed by atoms with Gasteiger partial charge >= 0.3 is 0 Å². The minimum atomic E-state index is 0.357. The van der Waals surface area contributed by atoms with E-state index in [9.17, 15) is 0 Å². The number of hydrogen-bond acceptors (Lipinski definition) is 2. The average Bonchev–Trinajstić information content (AvgIpc) is 2.38. The Morgan fingerprint density at radius 1 is 1.12 bits per heavy atom. The molecule has 1 saturated heterocycles. The van der Waals surface area contributed by atoms with Crippen molar-refractivity contribution in [3.8, 4) is 0 Å². The molecule has 1 fully saturated rings. The summed E-state index contributed by atoms with van der Waals surface area (Å²) in [5.74, 6) is 2.65. The molecule has 0 atom stereocenters. The fraction of sp³-hybridized carbons (Fsp3) is 0.571. The highest BCUT2D eigenvalue weighted by Crippen LogP contribution is 2.53. The maximum Gasteiger partial charge on any atom is 0.0860 e. The van der Waals surface area contributed by atoms with E-state index < -0.39 is 0 Å². The molecular weight excluding hydrogens is 232 g/mol. The van der Waals surface area contributed by atoms with Gasteiger partial charge in [0.1, 0.15) is 0 Å². The van der Waals surface area contributed by atoms with Gasteiger partial charge in [0.2, 0.25) is 0 Å². The van der Waals surface area contributed by atoms with E-state index in [4.69, 9.17) is 0 Å². The molecule has 0 bridgehead atoms. The molecule has 0 amide bonds. The van der Waals surface area contributed by atoms with Crippen molar-refractivity contribution < 1.29 is 0 Å². The fourth-order valence-corrected chi connectivity index (χ4v) is 5.57. The van der Waals surface area contributed by atoms with Gasteiger partial charge in [-0.1, -0.05) is 50.1 Å². The summed E-state index contributed by atoms with van der Waals surface area (Å²) in [5, 5.41) is 0. The van der Waals surface area contributed by atoms with Gasteiger partial charge in [0.05, 0.1) is 4.08 Å². The van der Waals surface area contributed by atoms with Crippen molar-refractivity contribution in [2.24, 2.45) is 0 Å². The van der Waals surface area contributed by atoms with E-state index in [2.05, 4.69) is 60.8 Å². The molecule has 16 heavy (non-hydrogen) atoms. The second-order valence-corrected chi connectivity index (χ2v) is 7.32. The first-order chi connectivity index (χ1) is 7.87. The minimum Gasteiger partial charge on any atom is -0.139 e. The largest absolute Gasteiger partial charge is 0.139 e. The van der Waals surface area contributed by atoms with E-state index in [0.717, 1.165) is 0 Å². The third-order valence-electron chi connectivity index (χ3n) is 3.03. The van der Waals surface area contributed by atoms with Crippen LogP contribution in [0.25, 0.3) is 0 Å². The Labute approximate surface area is 108 Å². The fourth-order valence-electron chi connectivity index (χ4n) is 2.13. The van der Waals surface area contributed by atoms with E-state index in [1.165, 1.54) is 42.8 Å². The topological polar surface area (TPSA) is 0 Å². The Hall–Kier alpha value is -0.0800. The van der Waals surface area contributed by atoms with Gasteiger partial charge in [-0.3, -0.25) is 0 Å². The van der Waals surface area contributed by atoms with Crippen molar-refractivity contribution in [2.75, 3.05) is 11.5 Å². The standard InChI is InChI=1S/C14H20S2/c1-2-3-10-14(15-11-7-12-16-14)13-8-5-4-6-9-13/h4-6,8-9H,2-3,7,10-12H2,1H3. The molecule has 1 aliphatic heterocycles. The highest BCUT2D eigenvalue weighted by molar-refractivity contribution is 8.18. The van der Waals surface area contributed by atoms with Crippen molar-refractivity contribution in [3.63, 3.8) is 0 Å². The monoisotopic (exact) mass is 252 g/mol. The summed E-state index contributed by atoms with van der Waals surface area (Å²) < 4.78 is 0.357. The van der Waals surface area contributed by atoms with Crippen LogP contribution in [0.4, 0.5) is 0 Å². The molecule has 0 aromatic heterocycles. The Kier molecular flexibility index (Phi) is 4.66. The molecule has 88 valence electrons. The van der Waals surface area contributed by atoms with E-state index >= 15 is 0 Å². The summed E-state index contributed by atoms with van der Waals surface area (Å²) in [6.07, 6.45) is 5.34. The maximum absolute atomic E-state index is 2.31. The molecule has 0 N–H and O–H groups in total. The van der Waals surface area contributed by atoms with Crippen LogP contribution in [-0.2, 0) is 4.08 Å². The maximum atomic E-state index is 2.31. The van der Waals surface area contributed by atoms with Crippen molar-refractivity contribution in [1.29, 1.82) is 0 Å². The molecule has 0 unspecified atom stereocenters. The second-order valence-electron chi connectivity index (χ2n) is 4.27. The van der Waals surface area contributed by atoms with Gasteiger partial charge in [-0.2, -0.15) is 0 Å². The van der Waals surface area contributed by atoms with Gasteiger partial charge in [0, 0.05) is 0 Å². The van der Waals surface area contributed by atoms with Crippen molar-refractivity contribution in [3.05, 3.63) is 35.9 Å². The lowest BCUT2D eigenvalue weighted by Gasteiger charge is -2.36. The van der Waals surface area contributed by atoms with Crippen LogP contribution in [-0.4, -0.2) is 11.5 Å². The highest BCUT2D eigenvalue weighted by Gasteiger charge is 2.34. The van der Waals surface area contributed by atoms with Gasteiger partial charge in [-0.15, -0.1) is 23.5 Å². The molecule has 1 heterocycles. The summed E-state index contributed by atoms with van der Waals surface area (Å²) in [5.41, 5.74) is 1.53. The summed E-state index contributed by atoms with van der Waals surface area (Å²) in [7, 11) is 0. The summed E-state index contributed by atoms with van der Waals surface area (Å²) in [6.45, 7) is 2.29. The van der Waals surface area contributed by atoms with Crippen LogP contribution in [0.5, 0.6) is 0 Å². The zero-order valence-corrected chi connectivity index (χ0v) is 11.6. The van der Waals surface area contributed by atoms with Crippen molar-refractivity contribution >= 4 is 23.5 Å². The van der Waals surface area contributed by atoms with Crippen LogP contribution >= 0.6 is 23.5 Å². The number of unbranched alkanes of at least 4 members (excludes halogenated alkanes) is 1. The number of benzene rings is 1. The highest BCUT2D eigenvalue weighted by atomic mass is 32.2. The first-order valence-electron chi connectivity index (χ1n) is 6.21.